The van der Waals surface area contributed by atoms with Crippen LogP contribution in [0.4, 0.5) is 0 Å². The molecule has 1 saturated heterocycles. The summed E-state index contributed by atoms with van der Waals surface area (Å²) in [6.45, 7) is 8.36. The largest absolute Gasteiger partial charge is 0.494 e. The summed E-state index contributed by atoms with van der Waals surface area (Å²) in [5.74, 6) is 0. The van der Waals surface area contributed by atoms with Gasteiger partial charge in [0.2, 0.25) is 0 Å². The lowest BCUT2D eigenvalue weighted by Gasteiger charge is -2.32. The van der Waals surface area contributed by atoms with Crippen LogP contribution in [0.2, 0.25) is 0 Å². The van der Waals surface area contributed by atoms with E-state index in [4.69, 9.17) is 9.31 Å². The van der Waals surface area contributed by atoms with Gasteiger partial charge in [0.1, 0.15) is 0 Å². The van der Waals surface area contributed by atoms with E-state index in [-0.39, 0.29) is 18.3 Å². The summed E-state index contributed by atoms with van der Waals surface area (Å²) in [5, 5.41) is 2.38. The molecular formula is C34H31BO2. The van der Waals surface area contributed by atoms with E-state index in [1.807, 2.05) is 0 Å². The molecule has 1 heterocycles. The Labute approximate surface area is 220 Å². The van der Waals surface area contributed by atoms with Gasteiger partial charge in [-0.25, -0.2) is 0 Å². The highest BCUT2D eigenvalue weighted by molar-refractivity contribution is 6.62. The zero-order valence-corrected chi connectivity index (χ0v) is 21.9. The smallest absolute Gasteiger partial charge is 0.399 e. The van der Waals surface area contributed by atoms with Gasteiger partial charge >= 0.3 is 7.12 Å². The molecule has 0 amide bonds. The fourth-order valence-electron chi connectivity index (χ4n) is 5.04. The first-order valence-corrected chi connectivity index (χ1v) is 13.0. The summed E-state index contributed by atoms with van der Waals surface area (Å²) in [6, 6.07) is 41.2. The first-order valence-electron chi connectivity index (χ1n) is 13.0. The maximum Gasteiger partial charge on any atom is 0.494 e. The summed E-state index contributed by atoms with van der Waals surface area (Å²) in [7, 11) is -0.355. The molecule has 0 unspecified atom stereocenters. The molecule has 1 aliphatic rings. The molecular weight excluding hydrogens is 451 g/mol. The highest BCUT2D eigenvalue weighted by Gasteiger charge is 2.51. The fraction of sp³-hybridized carbons (Fsp3) is 0.176. The SMILES string of the molecule is CC1(C)OB(c2ccc3cc(-c4ccccc4-c4cccc(-c5ccccc5)c4)ccc3c2)OC1(C)C. The van der Waals surface area contributed by atoms with Crippen molar-refractivity contribution >= 4 is 23.4 Å². The van der Waals surface area contributed by atoms with Gasteiger partial charge in [-0.2, -0.15) is 0 Å². The van der Waals surface area contributed by atoms with E-state index < -0.39 is 0 Å². The highest BCUT2D eigenvalue weighted by Crippen LogP contribution is 2.38. The van der Waals surface area contributed by atoms with Crippen molar-refractivity contribution in [1.82, 2.24) is 0 Å². The topological polar surface area (TPSA) is 18.5 Å². The molecule has 6 rings (SSSR count). The highest BCUT2D eigenvalue weighted by atomic mass is 16.7. The summed E-state index contributed by atoms with van der Waals surface area (Å²) < 4.78 is 12.6. The molecule has 5 aromatic carbocycles. The average Bonchev–Trinajstić information content (AvgIpc) is 3.15. The minimum Gasteiger partial charge on any atom is -0.399 e. The Morgan fingerprint density at radius 3 is 1.70 bits per heavy atom. The minimum atomic E-state index is -0.355. The second-order valence-electron chi connectivity index (χ2n) is 10.9. The van der Waals surface area contributed by atoms with Crippen molar-refractivity contribution in [2.24, 2.45) is 0 Å². The molecule has 0 saturated carbocycles. The van der Waals surface area contributed by atoms with Crippen LogP contribution in [0.25, 0.3) is 44.2 Å². The first-order chi connectivity index (χ1) is 17.8. The fourth-order valence-corrected chi connectivity index (χ4v) is 5.04. The zero-order chi connectivity index (χ0) is 25.6. The third-order valence-corrected chi connectivity index (χ3v) is 7.91. The molecule has 2 nitrogen and oxygen atoms in total. The van der Waals surface area contributed by atoms with E-state index in [2.05, 4.69) is 143 Å². The summed E-state index contributed by atoms with van der Waals surface area (Å²) in [6.07, 6.45) is 0. The normalized spacial score (nSPS) is 16.3. The molecule has 1 aliphatic heterocycles. The van der Waals surface area contributed by atoms with Crippen LogP contribution in [0, 0.1) is 0 Å². The van der Waals surface area contributed by atoms with Crippen LogP contribution in [0.5, 0.6) is 0 Å². The van der Waals surface area contributed by atoms with Crippen molar-refractivity contribution in [1.29, 1.82) is 0 Å². The van der Waals surface area contributed by atoms with E-state index in [1.54, 1.807) is 0 Å². The van der Waals surface area contributed by atoms with Crippen LogP contribution < -0.4 is 5.46 Å². The van der Waals surface area contributed by atoms with Crippen LogP contribution >= 0.6 is 0 Å². The van der Waals surface area contributed by atoms with Gasteiger partial charge in [-0.05, 0) is 89.4 Å². The molecule has 182 valence electrons. The third kappa shape index (κ3) is 4.39. The predicted octanol–water partition coefficient (Wildman–Crippen LogP) is 8.14. The second kappa shape index (κ2) is 9.02. The first kappa shape index (κ1) is 23.7. The zero-order valence-electron chi connectivity index (χ0n) is 21.9. The van der Waals surface area contributed by atoms with Gasteiger partial charge in [0, 0.05) is 0 Å². The standard InChI is InChI=1S/C34H31BO2/c1-33(2)34(3,4)37-35(36-33)30-20-19-26-22-29(18-17-27(26)23-30)32-16-9-8-15-31(32)28-14-10-13-25(21-28)24-11-6-5-7-12-24/h5-23H,1-4H3. The summed E-state index contributed by atoms with van der Waals surface area (Å²) in [5.41, 5.74) is 7.68. The number of hydrogen-bond donors (Lipinski definition) is 0. The maximum absolute atomic E-state index is 6.28. The van der Waals surface area contributed by atoms with Gasteiger partial charge in [0.25, 0.3) is 0 Å². The van der Waals surface area contributed by atoms with Crippen LogP contribution in [0.3, 0.4) is 0 Å². The molecule has 0 bridgehead atoms. The summed E-state index contributed by atoms with van der Waals surface area (Å²) in [4.78, 5) is 0. The Bertz CT molecular complexity index is 1570. The molecule has 37 heavy (non-hydrogen) atoms. The van der Waals surface area contributed by atoms with Crippen molar-refractivity contribution in [3.8, 4) is 33.4 Å². The Morgan fingerprint density at radius 2 is 1.00 bits per heavy atom. The quantitative estimate of drug-likeness (QED) is 0.241. The van der Waals surface area contributed by atoms with E-state index in [1.165, 1.54) is 44.2 Å². The summed E-state index contributed by atoms with van der Waals surface area (Å²) >= 11 is 0. The van der Waals surface area contributed by atoms with Crippen molar-refractivity contribution in [3.05, 3.63) is 115 Å². The third-order valence-electron chi connectivity index (χ3n) is 7.91. The van der Waals surface area contributed by atoms with Gasteiger partial charge in [0.05, 0.1) is 11.2 Å². The molecule has 3 heteroatoms. The number of benzene rings is 5. The molecule has 5 aromatic rings. The number of hydrogen-bond acceptors (Lipinski definition) is 2. The van der Waals surface area contributed by atoms with E-state index in [0.29, 0.717) is 0 Å². The molecule has 0 atom stereocenters. The van der Waals surface area contributed by atoms with Gasteiger partial charge in [-0.1, -0.05) is 103 Å². The van der Waals surface area contributed by atoms with E-state index in [9.17, 15) is 0 Å². The Hall–Kier alpha value is -3.66. The second-order valence-corrected chi connectivity index (χ2v) is 10.9. The molecule has 0 aliphatic carbocycles. The van der Waals surface area contributed by atoms with Crippen molar-refractivity contribution < 1.29 is 9.31 Å². The van der Waals surface area contributed by atoms with Gasteiger partial charge in [-0.3, -0.25) is 0 Å². The lowest BCUT2D eigenvalue weighted by atomic mass is 9.78. The molecule has 1 fully saturated rings. The van der Waals surface area contributed by atoms with Crippen LogP contribution in [-0.4, -0.2) is 18.3 Å². The van der Waals surface area contributed by atoms with E-state index >= 15 is 0 Å². The lowest BCUT2D eigenvalue weighted by Crippen LogP contribution is -2.41. The van der Waals surface area contributed by atoms with Gasteiger partial charge in [-0.15, -0.1) is 0 Å². The average molecular weight is 482 g/mol. The van der Waals surface area contributed by atoms with Crippen LogP contribution in [0.15, 0.2) is 115 Å². The lowest BCUT2D eigenvalue weighted by molar-refractivity contribution is 0.00578. The number of fused-ring (bicyclic) bond motifs is 1. The Morgan fingerprint density at radius 1 is 0.459 bits per heavy atom. The molecule has 0 spiro atoms. The predicted molar refractivity (Wildman–Crippen MR) is 156 cm³/mol. The van der Waals surface area contributed by atoms with Crippen LogP contribution in [0.1, 0.15) is 27.7 Å². The van der Waals surface area contributed by atoms with Crippen molar-refractivity contribution in [2.45, 2.75) is 38.9 Å². The van der Waals surface area contributed by atoms with Crippen molar-refractivity contribution in [3.63, 3.8) is 0 Å². The number of rotatable bonds is 4. The van der Waals surface area contributed by atoms with E-state index in [0.717, 1.165) is 5.46 Å². The van der Waals surface area contributed by atoms with Gasteiger partial charge < -0.3 is 9.31 Å². The Balaban J connectivity index is 1.35. The maximum atomic E-state index is 6.28. The van der Waals surface area contributed by atoms with Crippen LogP contribution in [-0.2, 0) is 9.31 Å². The monoisotopic (exact) mass is 482 g/mol. The van der Waals surface area contributed by atoms with Crippen molar-refractivity contribution in [2.75, 3.05) is 0 Å². The molecule has 0 radical (unpaired) electrons. The molecule has 0 aromatic heterocycles. The van der Waals surface area contributed by atoms with Gasteiger partial charge in [0.15, 0.2) is 0 Å². The Kier molecular flexibility index (Phi) is 5.79. The molecule has 0 N–H and O–H groups in total. The minimum absolute atomic E-state index is 0.349.